The maximum absolute atomic E-state index is 10.8. The Morgan fingerprint density at radius 3 is 2.50 bits per heavy atom. The minimum atomic E-state index is -2.38. The van der Waals surface area contributed by atoms with E-state index in [1.54, 1.807) is 0 Å². The smallest absolute Gasteiger partial charge is 0.270 e. The lowest BCUT2D eigenvalue weighted by Gasteiger charge is -2.44. The molecule has 1 unspecified atom stereocenters. The number of carbonyl (C=O) groups is 1. The molecular weight excluding hydrogens is 242 g/mol. The van der Waals surface area contributed by atoms with Crippen LogP contribution >= 0.6 is 11.6 Å². The summed E-state index contributed by atoms with van der Waals surface area (Å²) in [6.07, 6.45) is -4.22. The van der Waals surface area contributed by atoms with Crippen LogP contribution in [0.15, 0.2) is 0 Å². The second kappa shape index (κ2) is 4.82. The van der Waals surface area contributed by atoms with Crippen LogP contribution in [0.4, 0.5) is 0 Å². The van der Waals surface area contributed by atoms with Gasteiger partial charge < -0.3 is 30.5 Å². The Hall–Kier alpha value is -0.440. The van der Waals surface area contributed by atoms with Crippen molar-refractivity contribution in [3.63, 3.8) is 0 Å². The first-order valence-corrected chi connectivity index (χ1v) is 5.00. The summed E-state index contributed by atoms with van der Waals surface area (Å²) < 4.78 is 4.77. The molecule has 1 fully saturated rings. The summed E-state index contributed by atoms with van der Waals surface area (Å²) >= 11 is 5.55. The lowest BCUT2D eigenvalue weighted by atomic mass is 9.97. The molecule has 0 radical (unpaired) electrons. The van der Waals surface area contributed by atoms with Crippen molar-refractivity contribution in [2.75, 3.05) is 6.61 Å². The largest absolute Gasteiger partial charge is 0.394 e. The monoisotopic (exact) mass is 255 g/mol. The third-order valence-electron chi connectivity index (χ3n) is 2.31. The van der Waals surface area contributed by atoms with E-state index in [0.29, 0.717) is 0 Å². The molecule has 0 bridgehead atoms. The molecule has 7 nitrogen and oxygen atoms in total. The summed E-state index contributed by atoms with van der Waals surface area (Å²) in [6, 6.07) is -1.38. The number of aliphatic hydroxyl groups is 4. The number of hydrogen-bond donors (Lipinski definition) is 5. The van der Waals surface area contributed by atoms with Gasteiger partial charge >= 0.3 is 0 Å². The molecule has 0 aromatic rings. The third-order valence-corrected chi connectivity index (χ3v) is 2.64. The molecule has 1 saturated heterocycles. The zero-order valence-corrected chi connectivity index (χ0v) is 9.26. The Morgan fingerprint density at radius 1 is 1.50 bits per heavy atom. The van der Waals surface area contributed by atoms with Crippen LogP contribution in [-0.4, -0.2) is 62.5 Å². The number of aliphatic hydroxyl groups excluding tert-OH is 3. The minimum absolute atomic E-state index is 0.554. The second-order valence-electron chi connectivity index (χ2n) is 3.61. The van der Waals surface area contributed by atoms with Crippen LogP contribution < -0.4 is 5.32 Å². The van der Waals surface area contributed by atoms with Gasteiger partial charge in [-0.05, 0) is 0 Å². The van der Waals surface area contributed by atoms with Gasteiger partial charge in [0.1, 0.15) is 24.4 Å². The van der Waals surface area contributed by atoms with Crippen molar-refractivity contribution in [2.24, 2.45) is 0 Å². The number of nitrogens with one attached hydrogen (secondary N) is 1. The molecule has 8 heteroatoms. The topological polar surface area (TPSA) is 119 Å². The SMILES string of the molecule is CC(=O)N[C@@H]1[C@@H](O)[C@@H](O)[C@@H](CO)OC1(O)Cl. The van der Waals surface area contributed by atoms with Gasteiger partial charge in [-0.2, -0.15) is 0 Å². The van der Waals surface area contributed by atoms with Crippen LogP contribution in [0.2, 0.25) is 0 Å². The van der Waals surface area contributed by atoms with Crippen molar-refractivity contribution in [3.8, 4) is 0 Å². The zero-order chi connectivity index (χ0) is 12.5. The van der Waals surface area contributed by atoms with Crippen molar-refractivity contribution < 1.29 is 30.0 Å². The van der Waals surface area contributed by atoms with Crippen molar-refractivity contribution in [3.05, 3.63) is 0 Å². The molecule has 0 aromatic carbocycles. The van der Waals surface area contributed by atoms with Crippen LogP contribution in [-0.2, 0) is 9.53 Å². The lowest BCUT2D eigenvalue weighted by Crippen LogP contribution is -2.68. The summed E-state index contributed by atoms with van der Waals surface area (Å²) in [7, 11) is 0. The Balaban J connectivity index is 2.87. The molecule has 5 atom stereocenters. The first kappa shape index (κ1) is 13.6. The van der Waals surface area contributed by atoms with E-state index in [4.69, 9.17) is 21.4 Å². The first-order valence-electron chi connectivity index (χ1n) is 4.62. The first-order chi connectivity index (χ1) is 7.29. The number of ether oxygens (including phenoxy) is 1. The van der Waals surface area contributed by atoms with E-state index in [-0.39, 0.29) is 0 Å². The third kappa shape index (κ3) is 2.62. The highest BCUT2D eigenvalue weighted by molar-refractivity contribution is 6.22. The van der Waals surface area contributed by atoms with Gasteiger partial charge in [-0.15, -0.1) is 0 Å². The van der Waals surface area contributed by atoms with Gasteiger partial charge in [0.05, 0.1) is 6.61 Å². The number of halogens is 1. The van der Waals surface area contributed by atoms with E-state index >= 15 is 0 Å². The fraction of sp³-hybridized carbons (Fsp3) is 0.875. The molecule has 0 aliphatic carbocycles. The van der Waals surface area contributed by atoms with E-state index in [1.807, 2.05) is 0 Å². The fourth-order valence-corrected chi connectivity index (χ4v) is 1.82. The summed E-state index contributed by atoms with van der Waals surface area (Å²) in [5.41, 5.74) is 0. The van der Waals surface area contributed by atoms with E-state index in [0.717, 1.165) is 6.92 Å². The summed E-state index contributed by atoms with van der Waals surface area (Å²) in [4.78, 5) is 10.8. The fourth-order valence-electron chi connectivity index (χ4n) is 1.52. The number of rotatable bonds is 2. The number of alkyl halides is 1. The van der Waals surface area contributed by atoms with Gasteiger partial charge in [0.25, 0.3) is 5.25 Å². The highest BCUT2D eigenvalue weighted by Gasteiger charge is 2.52. The molecule has 1 aliphatic rings. The molecular formula is C8H14ClNO6. The van der Waals surface area contributed by atoms with Crippen molar-refractivity contribution in [1.29, 1.82) is 0 Å². The van der Waals surface area contributed by atoms with Crippen LogP contribution in [0.1, 0.15) is 6.92 Å². The predicted molar refractivity (Wildman–Crippen MR) is 52.4 cm³/mol. The highest BCUT2D eigenvalue weighted by atomic mass is 35.5. The Labute approximate surface area is 96.6 Å². The van der Waals surface area contributed by atoms with Gasteiger partial charge in [0.2, 0.25) is 5.91 Å². The lowest BCUT2D eigenvalue weighted by molar-refractivity contribution is -0.277. The summed E-state index contributed by atoms with van der Waals surface area (Å²) in [6.45, 7) is 0.532. The van der Waals surface area contributed by atoms with Crippen molar-refractivity contribution in [1.82, 2.24) is 5.32 Å². The van der Waals surface area contributed by atoms with Gasteiger partial charge in [-0.3, -0.25) is 4.79 Å². The normalized spacial score (nSPS) is 44.1. The van der Waals surface area contributed by atoms with E-state index in [1.165, 1.54) is 0 Å². The average Bonchev–Trinajstić information content (AvgIpc) is 2.18. The maximum atomic E-state index is 10.8. The molecule has 0 saturated carbocycles. The zero-order valence-electron chi connectivity index (χ0n) is 8.50. The number of amides is 1. The van der Waals surface area contributed by atoms with Crippen LogP contribution in [0.3, 0.4) is 0 Å². The molecule has 1 amide bonds. The summed E-state index contributed by atoms with van der Waals surface area (Å²) in [5, 5.41) is 37.3. The maximum Gasteiger partial charge on any atom is 0.270 e. The van der Waals surface area contributed by atoms with E-state index < -0.39 is 42.1 Å². The number of carbonyl (C=O) groups excluding carboxylic acids is 1. The van der Waals surface area contributed by atoms with Gasteiger partial charge in [-0.1, -0.05) is 11.6 Å². The molecule has 0 aromatic heterocycles. The molecule has 5 N–H and O–H groups in total. The van der Waals surface area contributed by atoms with Gasteiger partial charge in [0, 0.05) is 6.92 Å². The van der Waals surface area contributed by atoms with Gasteiger partial charge in [0.15, 0.2) is 0 Å². The molecule has 1 aliphatic heterocycles. The van der Waals surface area contributed by atoms with Crippen LogP contribution in [0.25, 0.3) is 0 Å². The molecule has 16 heavy (non-hydrogen) atoms. The minimum Gasteiger partial charge on any atom is -0.394 e. The second-order valence-corrected chi connectivity index (χ2v) is 4.15. The molecule has 1 rings (SSSR count). The summed E-state index contributed by atoms with van der Waals surface area (Å²) in [5.74, 6) is -0.554. The van der Waals surface area contributed by atoms with Gasteiger partial charge in [-0.25, -0.2) is 0 Å². The Morgan fingerprint density at radius 2 is 2.06 bits per heavy atom. The molecule has 0 spiro atoms. The van der Waals surface area contributed by atoms with E-state index in [2.05, 4.69) is 5.32 Å². The van der Waals surface area contributed by atoms with E-state index in [9.17, 15) is 20.1 Å². The van der Waals surface area contributed by atoms with Crippen LogP contribution in [0.5, 0.6) is 0 Å². The molecule has 1 heterocycles. The van der Waals surface area contributed by atoms with Crippen LogP contribution in [0, 0.1) is 0 Å². The molecule has 94 valence electrons. The average molecular weight is 256 g/mol. The Bertz CT molecular complexity index is 273. The number of hydrogen-bond acceptors (Lipinski definition) is 6. The predicted octanol–water partition coefficient (Wildman–Crippen LogP) is -2.51. The highest BCUT2D eigenvalue weighted by Crippen LogP contribution is 2.31. The quantitative estimate of drug-likeness (QED) is 0.348. The standard InChI is InChI=1S/C8H14ClNO6/c1-3(12)10-7-6(14)5(13)4(2-11)16-8(7,9)15/h4-7,11,13-15H,2H2,1H3,(H,10,12)/t4-,5+,6+,7-,8?/m1/s1. The Kier molecular flexibility index (Phi) is 4.11. The van der Waals surface area contributed by atoms with Crippen molar-refractivity contribution in [2.45, 2.75) is 36.5 Å². The van der Waals surface area contributed by atoms with Crippen molar-refractivity contribution >= 4 is 17.5 Å².